The lowest BCUT2D eigenvalue weighted by Crippen LogP contribution is -2.55. The molecule has 1 aliphatic carbocycles. The number of sulfonamides is 1. The van der Waals surface area contributed by atoms with Crippen LogP contribution in [0.3, 0.4) is 0 Å². The lowest BCUT2D eigenvalue weighted by Gasteiger charge is -2.42. The molecule has 0 aromatic carbocycles. The van der Waals surface area contributed by atoms with E-state index in [0.717, 1.165) is 25.7 Å². The molecule has 0 aromatic rings. The summed E-state index contributed by atoms with van der Waals surface area (Å²) >= 11 is 5.54. The summed E-state index contributed by atoms with van der Waals surface area (Å²) in [6, 6.07) is 0.0516. The molecule has 4 nitrogen and oxygen atoms in total. The molecule has 16 heavy (non-hydrogen) atoms. The maximum Gasteiger partial charge on any atom is 0.215 e. The van der Waals surface area contributed by atoms with E-state index in [2.05, 4.69) is 0 Å². The van der Waals surface area contributed by atoms with Crippen molar-refractivity contribution in [3.8, 4) is 0 Å². The molecule has 0 N–H and O–H groups in total. The van der Waals surface area contributed by atoms with Gasteiger partial charge in [0.05, 0.1) is 24.5 Å². The largest absolute Gasteiger partial charge is 0.375 e. The minimum Gasteiger partial charge on any atom is -0.375 e. The van der Waals surface area contributed by atoms with E-state index in [-0.39, 0.29) is 23.8 Å². The van der Waals surface area contributed by atoms with E-state index < -0.39 is 10.0 Å². The van der Waals surface area contributed by atoms with Gasteiger partial charge in [0.15, 0.2) is 0 Å². The zero-order chi connectivity index (χ0) is 11.6. The van der Waals surface area contributed by atoms with Crippen molar-refractivity contribution in [2.75, 3.05) is 24.8 Å². The lowest BCUT2D eigenvalue weighted by molar-refractivity contribution is -0.0585. The quantitative estimate of drug-likeness (QED) is 0.722. The van der Waals surface area contributed by atoms with Crippen LogP contribution < -0.4 is 0 Å². The van der Waals surface area contributed by atoms with Crippen LogP contribution in [0.4, 0.5) is 0 Å². The summed E-state index contributed by atoms with van der Waals surface area (Å²) < 4.78 is 31.3. The van der Waals surface area contributed by atoms with Gasteiger partial charge in [-0.3, -0.25) is 0 Å². The van der Waals surface area contributed by atoms with Gasteiger partial charge in [0.25, 0.3) is 0 Å². The molecule has 2 aliphatic rings. The van der Waals surface area contributed by atoms with Crippen LogP contribution in [0.15, 0.2) is 0 Å². The summed E-state index contributed by atoms with van der Waals surface area (Å²) in [4.78, 5) is 0. The summed E-state index contributed by atoms with van der Waals surface area (Å²) in [5.74, 6) is 0.203. The molecule has 0 aromatic heterocycles. The van der Waals surface area contributed by atoms with Crippen LogP contribution in [0.5, 0.6) is 0 Å². The van der Waals surface area contributed by atoms with Gasteiger partial charge in [-0.25, -0.2) is 8.42 Å². The first-order valence-corrected chi connectivity index (χ1v) is 7.96. The Balaban J connectivity index is 2.13. The number of morpholine rings is 1. The fourth-order valence-corrected chi connectivity index (χ4v) is 4.64. The zero-order valence-electron chi connectivity index (χ0n) is 9.27. The number of alkyl halides is 1. The van der Waals surface area contributed by atoms with Crippen LogP contribution in [-0.2, 0) is 14.8 Å². The Kier molecular flexibility index (Phi) is 4.11. The molecule has 1 heterocycles. The molecule has 2 fully saturated rings. The third-order valence-corrected chi connectivity index (χ3v) is 5.67. The number of halogens is 1. The maximum absolute atomic E-state index is 12.0. The average Bonchev–Trinajstić information content (AvgIpc) is 2.28. The predicted octanol–water partition coefficient (Wildman–Crippen LogP) is 1.20. The van der Waals surface area contributed by atoms with Gasteiger partial charge in [0.2, 0.25) is 10.0 Å². The van der Waals surface area contributed by atoms with Crippen molar-refractivity contribution >= 4 is 21.6 Å². The van der Waals surface area contributed by atoms with Gasteiger partial charge in [-0.2, -0.15) is 4.31 Å². The van der Waals surface area contributed by atoms with Crippen LogP contribution in [0.2, 0.25) is 0 Å². The first kappa shape index (κ1) is 12.6. The van der Waals surface area contributed by atoms with Gasteiger partial charge in [0, 0.05) is 12.4 Å². The molecule has 0 radical (unpaired) electrons. The van der Waals surface area contributed by atoms with E-state index in [1.807, 2.05) is 0 Å². The number of fused-ring (bicyclic) bond motifs is 1. The molecule has 2 unspecified atom stereocenters. The topological polar surface area (TPSA) is 46.6 Å². The number of ether oxygens (including phenoxy) is 1. The monoisotopic (exact) mass is 267 g/mol. The SMILES string of the molecule is O=S(=O)(CCCl)N1CCOC2CCCCC21. The lowest BCUT2D eigenvalue weighted by atomic mass is 9.91. The fourth-order valence-electron chi connectivity index (χ4n) is 2.62. The Bertz CT molecular complexity index is 331. The predicted molar refractivity (Wildman–Crippen MR) is 63.2 cm³/mol. The van der Waals surface area contributed by atoms with Crippen molar-refractivity contribution in [1.82, 2.24) is 4.31 Å². The molecule has 0 spiro atoms. The van der Waals surface area contributed by atoms with Gasteiger partial charge >= 0.3 is 0 Å². The van der Waals surface area contributed by atoms with Crippen molar-refractivity contribution < 1.29 is 13.2 Å². The van der Waals surface area contributed by atoms with E-state index in [1.165, 1.54) is 0 Å². The molecule has 2 atom stereocenters. The van der Waals surface area contributed by atoms with Gasteiger partial charge in [-0.05, 0) is 12.8 Å². The third kappa shape index (κ3) is 2.53. The van der Waals surface area contributed by atoms with Crippen molar-refractivity contribution in [3.63, 3.8) is 0 Å². The van der Waals surface area contributed by atoms with Crippen molar-refractivity contribution in [1.29, 1.82) is 0 Å². The van der Waals surface area contributed by atoms with Gasteiger partial charge in [-0.1, -0.05) is 12.8 Å². The van der Waals surface area contributed by atoms with Gasteiger partial charge in [-0.15, -0.1) is 11.6 Å². The summed E-state index contributed by atoms with van der Waals surface area (Å²) in [5, 5.41) is 0. The molecule has 6 heteroatoms. The highest BCUT2D eigenvalue weighted by atomic mass is 35.5. The average molecular weight is 268 g/mol. The molecular formula is C10H18ClNO3S. The first-order valence-electron chi connectivity index (χ1n) is 5.82. The van der Waals surface area contributed by atoms with E-state index in [0.29, 0.717) is 13.2 Å². The first-order chi connectivity index (χ1) is 7.65. The van der Waals surface area contributed by atoms with E-state index >= 15 is 0 Å². The van der Waals surface area contributed by atoms with Gasteiger partial charge in [0.1, 0.15) is 0 Å². The van der Waals surface area contributed by atoms with E-state index in [1.54, 1.807) is 4.31 Å². The Morgan fingerprint density at radius 2 is 2.06 bits per heavy atom. The maximum atomic E-state index is 12.0. The Morgan fingerprint density at radius 3 is 2.81 bits per heavy atom. The fraction of sp³-hybridized carbons (Fsp3) is 1.00. The van der Waals surface area contributed by atoms with E-state index in [4.69, 9.17) is 16.3 Å². The Morgan fingerprint density at radius 1 is 1.31 bits per heavy atom. The highest BCUT2D eigenvalue weighted by molar-refractivity contribution is 7.89. The normalized spacial score (nSPS) is 32.3. The van der Waals surface area contributed by atoms with Gasteiger partial charge < -0.3 is 4.74 Å². The number of hydrogen-bond acceptors (Lipinski definition) is 3. The second-order valence-electron chi connectivity index (χ2n) is 4.38. The molecular weight excluding hydrogens is 250 g/mol. The van der Waals surface area contributed by atoms with Crippen LogP contribution in [0.1, 0.15) is 25.7 Å². The number of rotatable bonds is 3. The molecule has 1 saturated heterocycles. The number of nitrogens with zero attached hydrogens (tertiary/aromatic N) is 1. The van der Waals surface area contributed by atoms with Crippen LogP contribution >= 0.6 is 11.6 Å². The van der Waals surface area contributed by atoms with Crippen LogP contribution in [-0.4, -0.2) is 49.7 Å². The smallest absolute Gasteiger partial charge is 0.215 e. The van der Waals surface area contributed by atoms with Crippen molar-refractivity contribution in [3.05, 3.63) is 0 Å². The minimum absolute atomic E-state index is 0.0395. The Labute approximate surface area is 102 Å². The molecule has 1 aliphatic heterocycles. The second-order valence-corrected chi connectivity index (χ2v) is 6.80. The Hall–Kier alpha value is 0.160. The summed E-state index contributed by atoms with van der Waals surface area (Å²) in [6.07, 6.45) is 4.25. The summed E-state index contributed by atoms with van der Waals surface area (Å²) in [6.45, 7) is 1.00. The molecule has 2 rings (SSSR count). The second kappa shape index (κ2) is 5.21. The summed E-state index contributed by atoms with van der Waals surface area (Å²) in [5.41, 5.74) is 0. The number of hydrogen-bond donors (Lipinski definition) is 0. The highest BCUT2D eigenvalue weighted by Gasteiger charge is 2.39. The molecule has 0 bridgehead atoms. The zero-order valence-corrected chi connectivity index (χ0v) is 10.8. The highest BCUT2D eigenvalue weighted by Crippen LogP contribution is 2.30. The van der Waals surface area contributed by atoms with Crippen molar-refractivity contribution in [2.45, 2.75) is 37.8 Å². The minimum atomic E-state index is -3.18. The van der Waals surface area contributed by atoms with Crippen molar-refractivity contribution in [2.24, 2.45) is 0 Å². The van der Waals surface area contributed by atoms with Crippen LogP contribution in [0, 0.1) is 0 Å². The molecule has 1 saturated carbocycles. The standard InChI is InChI=1S/C10H18ClNO3S/c11-5-8-16(13,14)12-6-7-15-10-4-2-1-3-9(10)12/h9-10H,1-8H2. The third-order valence-electron chi connectivity index (χ3n) is 3.37. The summed E-state index contributed by atoms with van der Waals surface area (Å²) in [7, 11) is -3.18. The molecule has 0 amide bonds. The van der Waals surface area contributed by atoms with Crippen LogP contribution in [0.25, 0.3) is 0 Å². The molecule has 94 valence electrons. The van der Waals surface area contributed by atoms with E-state index in [9.17, 15) is 8.42 Å².